The summed E-state index contributed by atoms with van der Waals surface area (Å²) in [5.74, 6) is 0. The maximum Gasteiger partial charge on any atom is 0.411 e. The molecular weight excluding hydrogens is 350 g/mol. The van der Waals surface area contributed by atoms with E-state index >= 15 is 0 Å². The molecule has 4 heteroatoms. The lowest BCUT2D eigenvalue weighted by Crippen LogP contribution is -2.45. The van der Waals surface area contributed by atoms with Gasteiger partial charge in [0, 0.05) is 22.4 Å². The first-order valence-corrected chi connectivity index (χ1v) is 10.0. The quantitative estimate of drug-likeness (QED) is 0.513. The second kappa shape index (κ2) is 6.13. The van der Waals surface area contributed by atoms with E-state index < -0.39 is 5.60 Å². The van der Waals surface area contributed by atoms with Crippen LogP contribution in [0.3, 0.4) is 0 Å². The Balaban J connectivity index is 1.54. The summed E-state index contributed by atoms with van der Waals surface area (Å²) in [7, 11) is 0. The van der Waals surface area contributed by atoms with Crippen LogP contribution < -0.4 is 0 Å². The maximum absolute atomic E-state index is 12.7. The Kier molecular flexibility index (Phi) is 3.80. The van der Waals surface area contributed by atoms with Crippen molar-refractivity contribution in [2.45, 2.75) is 57.7 Å². The number of carbonyl (C=O) groups excluding carboxylic acids is 1. The standard InChI is InChI=1S/C24H25NO3/c1-24(2,3)28-23(26)25-16-11-12-17(25)14-15(13-16)18-8-6-9-20-19-7-4-5-10-21(19)27-22(18)20/h4-10,13,16-17H,11-12,14H2,1-3H3. The number of para-hydroxylation sites is 2. The Labute approximate surface area is 164 Å². The molecule has 0 radical (unpaired) electrons. The fraction of sp³-hybridized carbons (Fsp3) is 0.375. The summed E-state index contributed by atoms with van der Waals surface area (Å²) >= 11 is 0. The third-order valence-corrected chi connectivity index (χ3v) is 5.75. The van der Waals surface area contributed by atoms with Crippen LogP contribution in [-0.4, -0.2) is 28.7 Å². The third-order valence-electron chi connectivity index (χ3n) is 5.75. The second-order valence-electron chi connectivity index (χ2n) is 8.86. The minimum Gasteiger partial charge on any atom is -0.455 e. The van der Waals surface area contributed by atoms with E-state index in [0.29, 0.717) is 0 Å². The molecule has 3 heterocycles. The zero-order valence-electron chi connectivity index (χ0n) is 16.6. The van der Waals surface area contributed by atoms with Gasteiger partial charge in [0.25, 0.3) is 0 Å². The first-order valence-electron chi connectivity index (χ1n) is 10.0. The number of carbonyl (C=O) groups is 1. The average molecular weight is 375 g/mol. The lowest BCUT2D eigenvalue weighted by Gasteiger charge is -2.35. The van der Waals surface area contributed by atoms with E-state index in [4.69, 9.17) is 9.15 Å². The lowest BCUT2D eigenvalue weighted by molar-refractivity contribution is 0.0175. The number of nitrogens with zero attached hydrogens (tertiary/aromatic N) is 1. The monoisotopic (exact) mass is 375 g/mol. The van der Waals surface area contributed by atoms with Gasteiger partial charge in [-0.2, -0.15) is 0 Å². The lowest BCUT2D eigenvalue weighted by atomic mass is 9.93. The third kappa shape index (κ3) is 2.79. The van der Waals surface area contributed by atoms with Gasteiger partial charge >= 0.3 is 6.09 Å². The van der Waals surface area contributed by atoms with Crippen LogP contribution in [0, 0.1) is 0 Å². The van der Waals surface area contributed by atoms with Crippen LogP contribution in [-0.2, 0) is 4.74 Å². The van der Waals surface area contributed by atoms with Crippen molar-refractivity contribution in [1.29, 1.82) is 0 Å². The fourth-order valence-electron chi connectivity index (χ4n) is 4.63. The number of benzene rings is 2. The van der Waals surface area contributed by atoms with Crippen molar-refractivity contribution in [3.8, 4) is 0 Å². The van der Waals surface area contributed by atoms with E-state index in [1.165, 1.54) is 5.57 Å². The van der Waals surface area contributed by atoms with Crippen molar-refractivity contribution >= 4 is 33.6 Å². The number of furan rings is 1. The minimum atomic E-state index is -0.472. The highest BCUT2D eigenvalue weighted by molar-refractivity contribution is 6.08. The van der Waals surface area contributed by atoms with E-state index in [1.807, 2.05) is 43.9 Å². The topological polar surface area (TPSA) is 42.7 Å². The van der Waals surface area contributed by atoms with Crippen molar-refractivity contribution in [1.82, 2.24) is 4.90 Å². The summed E-state index contributed by atoms with van der Waals surface area (Å²) in [6, 6.07) is 14.8. The molecule has 4 nitrogen and oxygen atoms in total. The maximum atomic E-state index is 12.7. The molecule has 0 aliphatic carbocycles. The molecule has 2 aliphatic heterocycles. The molecule has 2 aromatic carbocycles. The van der Waals surface area contributed by atoms with Crippen molar-refractivity contribution in [3.63, 3.8) is 0 Å². The molecule has 2 unspecified atom stereocenters. The largest absolute Gasteiger partial charge is 0.455 e. The molecule has 1 amide bonds. The predicted octanol–water partition coefficient (Wildman–Crippen LogP) is 6.14. The van der Waals surface area contributed by atoms with Gasteiger partial charge in [0.1, 0.15) is 16.8 Å². The van der Waals surface area contributed by atoms with E-state index in [2.05, 4.69) is 30.3 Å². The van der Waals surface area contributed by atoms with Crippen molar-refractivity contribution in [2.24, 2.45) is 0 Å². The molecule has 1 aromatic heterocycles. The average Bonchev–Trinajstić information content (AvgIpc) is 3.15. The molecule has 2 aliphatic rings. The van der Waals surface area contributed by atoms with Crippen LogP contribution in [0.2, 0.25) is 0 Å². The number of hydrogen-bond donors (Lipinski definition) is 0. The molecule has 2 atom stereocenters. The number of fused-ring (bicyclic) bond motifs is 5. The van der Waals surface area contributed by atoms with Crippen LogP contribution in [0.25, 0.3) is 27.5 Å². The Hall–Kier alpha value is -2.75. The Morgan fingerprint density at radius 1 is 1.07 bits per heavy atom. The molecule has 2 bridgehead atoms. The first-order chi connectivity index (χ1) is 13.4. The van der Waals surface area contributed by atoms with Gasteiger partial charge in [-0.15, -0.1) is 0 Å². The molecule has 5 rings (SSSR count). The SMILES string of the molecule is CC(C)(C)OC(=O)N1C2C=C(c3cccc4c3oc3ccccc34)CC1CC2. The Bertz CT molecular complexity index is 1100. The zero-order chi connectivity index (χ0) is 19.5. The van der Waals surface area contributed by atoms with Crippen molar-refractivity contribution < 1.29 is 13.9 Å². The van der Waals surface area contributed by atoms with Gasteiger partial charge in [0.15, 0.2) is 0 Å². The fourth-order valence-corrected chi connectivity index (χ4v) is 4.63. The van der Waals surface area contributed by atoms with Gasteiger partial charge in [-0.25, -0.2) is 4.79 Å². The highest BCUT2D eigenvalue weighted by Crippen LogP contribution is 2.42. The molecule has 144 valence electrons. The van der Waals surface area contributed by atoms with E-state index in [1.54, 1.807) is 0 Å². The number of rotatable bonds is 1. The summed E-state index contributed by atoms with van der Waals surface area (Å²) < 4.78 is 11.9. The smallest absolute Gasteiger partial charge is 0.411 e. The number of amides is 1. The van der Waals surface area contributed by atoms with Crippen LogP contribution in [0.1, 0.15) is 45.6 Å². The highest BCUT2D eigenvalue weighted by Gasteiger charge is 2.42. The Morgan fingerprint density at radius 3 is 2.64 bits per heavy atom. The number of hydrogen-bond acceptors (Lipinski definition) is 3. The summed E-state index contributed by atoms with van der Waals surface area (Å²) in [4.78, 5) is 14.6. The summed E-state index contributed by atoms with van der Waals surface area (Å²) in [5.41, 5.74) is 3.81. The zero-order valence-corrected chi connectivity index (χ0v) is 16.6. The molecular formula is C24H25NO3. The Morgan fingerprint density at radius 2 is 1.86 bits per heavy atom. The van der Waals surface area contributed by atoms with Crippen LogP contribution >= 0.6 is 0 Å². The van der Waals surface area contributed by atoms with E-state index in [9.17, 15) is 4.79 Å². The van der Waals surface area contributed by atoms with Crippen molar-refractivity contribution in [2.75, 3.05) is 0 Å². The molecule has 0 N–H and O–H groups in total. The first kappa shape index (κ1) is 17.4. The molecule has 0 spiro atoms. The predicted molar refractivity (Wildman–Crippen MR) is 111 cm³/mol. The van der Waals surface area contributed by atoms with Gasteiger partial charge in [-0.1, -0.05) is 42.5 Å². The van der Waals surface area contributed by atoms with Gasteiger partial charge in [-0.05, 0) is 51.7 Å². The molecule has 1 fully saturated rings. The molecule has 0 saturated carbocycles. The van der Waals surface area contributed by atoms with E-state index in [0.717, 1.165) is 46.8 Å². The molecule has 28 heavy (non-hydrogen) atoms. The summed E-state index contributed by atoms with van der Waals surface area (Å²) in [5, 5.41) is 2.30. The summed E-state index contributed by atoms with van der Waals surface area (Å²) in [6.07, 6.45) is 4.89. The van der Waals surface area contributed by atoms with Gasteiger partial charge in [0.2, 0.25) is 0 Å². The minimum absolute atomic E-state index is 0.100. The molecule has 1 saturated heterocycles. The van der Waals surface area contributed by atoms with Gasteiger partial charge in [0.05, 0.1) is 6.04 Å². The molecule has 3 aromatic rings. The van der Waals surface area contributed by atoms with Gasteiger partial charge in [-0.3, -0.25) is 4.90 Å². The van der Waals surface area contributed by atoms with Crippen LogP contribution in [0.15, 0.2) is 53.0 Å². The van der Waals surface area contributed by atoms with Gasteiger partial charge < -0.3 is 9.15 Å². The van der Waals surface area contributed by atoms with Crippen molar-refractivity contribution in [3.05, 3.63) is 54.1 Å². The van der Waals surface area contributed by atoms with E-state index in [-0.39, 0.29) is 18.2 Å². The van der Waals surface area contributed by atoms with Crippen LogP contribution in [0.4, 0.5) is 4.79 Å². The normalized spacial score (nSPS) is 22.0. The summed E-state index contributed by atoms with van der Waals surface area (Å²) in [6.45, 7) is 5.75. The van der Waals surface area contributed by atoms with Crippen LogP contribution in [0.5, 0.6) is 0 Å². The number of ether oxygens (including phenoxy) is 1. The second-order valence-corrected chi connectivity index (χ2v) is 8.86. The highest BCUT2D eigenvalue weighted by atomic mass is 16.6.